The molecule has 9 heteroatoms. The quantitative estimate of drug-likeness (QED) is 0.308. The molecule has 6 nitrogen and oxygen atoms in total. The Hall–Kier alpha value is -2.16. The molecule has 1 aromatic carbocycles. The molecule has 2 heterocycles. The van der Waals surface area contributed by atoms with Crippen LogP contribution in [0.4, 0.5) is 0 Å². The van der Waals surface area contributed by atoms with Crippen LogP contribution in [0.5, 0.6) is 0 Å². The van der Waals surface area contributed by atoms with Gasteiger partial charge in [-0.2, -0.15) is 0 Å². The number of carbonyl (C=O) groups is 2. The van der Waals surface area contributed by atoms with Gasteiger partial charge in [0.05, 0.1) is 10.6 Å². The fourth-order valence-electron chi connectivity index (χ4n) is 2.33. The molecule has 0 bridgehead atoms. The number of benzene rings is 1. The van der Waals surface area contributed by atoms with E-state index in [4.69, 9.17) is 16.3 Å². The molecule has 2 aromatic heterocycles. The van der Waals surface area contributed by atoms with Crippen molar-refractivity contribution in [3.05, 3.63) is 52.4 Å². The number of nitrogens with zero attached hydrogens (tertiary/aromatic N) is 3. The molecule has 3 aromatic rings. The van der Waals surface area contributed by atoms with Gasteiger partial charge in [0.2, 0.25) is 0 Å². The molecule has 0 spiro atoms. The average molecular weight is 422 g/mol. The van der Waals surface area contributed by atoms with Crippen LogP contribution in [0.25, 0.3) is 10.7 Å². The molecule has 0 fully saturated rings. The maximum atomic E-state index is 12.0. The lowest BCUT2D eigenvalue weighted by atomic mass is 10.1. The molecule has 0 unspecified atom stereocenters. The van der Waals surface area contributed by atoms with Crippen molar-refractivity contribution in [2.45, 2.75) is 18.6 Å². The average Bonchev–Trinajstić information content (AvgIpc) is 3.33. The first-order valence-electron chi connectivity index (χ1n) is 8.12. The zero-order chi connectivity index (χ0) is 19.2. The molecule has 3 rings (SSSR count). The lowest BCUT2D eigenvalue weighted by molar-refractivity contribution is -0.139. The Balaban J connectivity index is 1.54. The topological polar surface area (TPSA) is 74.1 Å². The van der Waals surface area contributed by atoms with E-state index in [9.17, 15) is 9.59 Å². The first kappa shape index (κ1) is 19.6. The molecule has 0 aliphatic rings. The van der Waals surface area contributed by atoms with Gasteiger partial charge < -0.3 is 9.30 Å². The molecule has 0 aliphatic carbocycles. The highest BCUT2D eigenvalue weighted by Gasteiger charge is 2.16. The van der Waals surface area contributed by atoms with Crippen LogP contribution >= 0.6 is 34.7 Å². The maximum absolute atomic E-state index is 12.0. The number of ether oxygens (including phenoxy) is 1. The van der Waals surface area contributed by atoms with Crippen LogP contribution in [0.15, 0.2) is 46.9 Å². The summed E-state index contributed by atoms with van der Waals surface area (Å²) in [4.78, 5) is 25.0. The van der Waals surface area contributed by atoms with Gasteiger partial charge in [0.15, 0.2) is 23.4 Å². The minimum absolute atomic E-state index is 0.0470. The van der Waals surface area contributed by atoms with E-state index in [0.717, 1.165) is 10.7 Å². The SMILES string of the molecule is CCn1c(SCC(=O)OCC(=O)c2cccc(Cl)c2)nnc1-c1cccs1. The number of rotatable bonds is 8. The van der Waals surface area contributed by atoms with Gasteiger partial charge in [0.1, 0.15) is 0 Å². The normalized spacial score (nSPS) is 10.7. The van der Waals surface area contributed by atoms with Crippen LogP contribution in [-0.4, -0.2) is 38.9 Å². The second kappa shape index (κ2) is 9.16. The lowest BCUT2D eigenvalue weighted by Crippen LogP contribution is -2.15. The van der Waals surface area contributed by atoms with E-state index < -0.39 is 5.97 Å². The Kier molecular flexibility index (Phi) is 6.65. The van der Waals surface area contributed by atoms with Crippen molar-refractivity contribution in [3.8, 4) is 10.7 Å². The highest BCUT2D eigenvalue weighted by atomic mass is 35.5. The number of esters is 1. The largest absolute Gasteiger partial charge is 0.457 e. The van der Waals surface area contributed by atoms with Gasteiger partial charge in [-0.3, -0.25) is 9.59 Å². The molecule has 27 heavy (non-hydrogen) atoms. The second-order valence-electron chi connectivity index (χ2n) is 5.41. The molecule has 0 atom stereocenters. The van der Waals surface area contributed by atoms with Crippen molar-refractivity contribution >= 4 is 46.5 Å². The Morgan fingerprint density at radius 3 is 2.81 bits per heavy atom. The number of hydrogen-bond donors (Lipinski definition) is 0. The van der Waals surface area contributed by atoms with Gasteiger partial charge in [-0.25, -0.2) is 0 Å². The molecule has 140 valence electrons. The summed E-state index contributed by atoms with van der Waals surface area (Å²) in [5.74, 6) is 0.0385. The number of thioether (sulfide) groups is 1. The minimum atomic E-state index is -0.487. The Morgan fingerprint density at radius 1 is 1.26 bits per heavy atom. The van der Waals surface area contributed by atoms with Crippen LogP contribution < -0.4 is 0 Å². The van der Waals surface area contributed by atoms with Crippen molar-refractivity contribution in [1.29, 1.82) is 0 Å². The van der Waals surface area contributed by atoms with Gasteiger partial charge in [-0.1, -0.05) is 41.6 Å². The van der Waals surface area contributed by atoms with Crippen LogP contribution in [0.2, 0.25) is 5.02 Å². The van der Waals surface area contributed by atoms with Crippen LogP contribution in [0, 0.1) is 0 Å². The first-order chi connectivity index (χ1) is 13.1. The standard InChI is InChI=1S/C18H16ClN3O3S2/c1-2-22-17(15-7-4-8-26-15)20-21-18(22)27-11-16(24)25-10-14(23)12-5-3-6-13(19)9-12/h3-9H,2,10-11H2,1H3. The van der Waals surface area contributed by atoms with E-state index in [1.807, 2.05) is 29.0 Å². The monoisotopic (exact) mass is 421 g/mol. The molecule has 0 radical (unpaired) electrons. The molecule has 0 amide bonds. The van der Waals surface area contributed by atoms with Crippen molar-refractivity contribution in [3.63, 3.8) is 0 Å². The van der Waals surface area contributed by atoms with E-state index in [-0.39, 0.29) is 18.1 Å². The van der Waals surface area contributed by atoms with Gasteiger partial charge >= 0.3 is 5.97 Å². The van der Waals surface area contributed by atoms with E-state index in [2.05, 4.69) is 10.2 Å². The van der Waals surface area contributed by atoms with Gasteiger partial charge in [-0.05, 0) is 30.5 Å². The third-order valence-electron chi connectivity index (χ3n) is 3.60. The van der Waals surface area contributed by atoms with E-state index >= 15 is 0 Å². The number of carbonyl (C=O) groups excluding carboxylic acids is 2. The van der Waals surface area contributed by atoms with Crippen LogP contribution in [0.3, 0.4) is 0 Å². The molecular formula is C18H16ClN3O3S2. The van der Waals surface area contributed by atoms with Crippen molar-refractivity contribution in [2.75, 3.05) is 12.4 Å². The van der Waals surface area contributed by atoms with Crippen LogP contribution in [0.1, 0.15) is 17.3 Å². The fourth-order valence-corrected chi connectivity index (χ4v) is 4.03. The van der Waals surface area contributed by atoms with E-state index in [1.54, 1.807) is 35.6 Å². The summed E-state index contributed by atoms with van der Waals surface area (Å²) in [5, 5.41) is 11.5. The maximum Gasteiger partial charge on any atom is 0.316 e. The fraction of sp³-hybridized carbons (Fsp3) is 0.222. The summed E-state index contributed by atoms with van der Waals surface area (Å²) < 4.78 is 7.01. The molecular weight excluding hydrogens is 406 g/mol. The van der Waals surface area contributed by atoms with Gasteiger partial charge in [0, 0.05) is 17.1 Å². The lowest BCUT2D eigenvalue weighted by Gasteiger charge is -2.07. The Morgan fingerprint density at radius 2 is 2.11 bits per heavy atom. The Bertz CT molecular complexity index is 941. The summed E-state index contributed by atoms with van der Waals surface area (Å²) >= 11 is 8.68. The molecule has 0 N–H and O–H groups in total. The van der Waals surface area contributed by atoms with Gasteiger partial charge in [-0.15, -0.1) is 21.5 Å². The number of Topliss-reactive ketones (excluding diaryl/α,β-unsaturated/α-hetero) is 1. The number of halogens is 1. The van der Waals surface area contributed by atoms with Gasteiger partial charge in [0.25, 0.3) is 0 Å². The predicted molar refractivity (Wildman–Crippen MR) is 106 cm³/mol. The highest BCUT2D eigenvalue weighted by Crippen LogP contribution is 2.27. The summed E-state index contributed by atoms with van der Waals surface area (Å²) in [7, 11) is 0. The second-order valence-corrected chi connectivity index (χ2v) is 7.74. The first-order valence-corrected chi connectivity index (χ1v) is 10.4. The third kappa shape index (κ3) is 4.97. The van der Waals surface area contributed by atoms with Crippen LogP contribution in [-0.2, 0) is 16.1 Å². The summed E-state index contributed by atoms with van der Waals surface area (Å²) in [5.41, 5.74) is 0.411. The summed E-state index contributed by atoms with van der Waals surface area (Å²) in [6.07, 6.45) is 0. The summed E-state index contributed by atoms with van der Waals surface area (Å²) in [6.45, 7) is 2.36. The number of hydrogen-bond acceptors (Lipinski definition) is 7. The number of ketones is 1. The van der Waals surface area contributed by atoms with E-state index in [1.165, 1.54) is 11.8 Å². The van der Waals surface area contributed by atoms with Crippen molar-refractivity contribution < 1.29 is 14.3 Å². The zero-order valence-corrected chi connectivity index (χ0v) is 16.8. The molecule has 0 saturated heterocycles. The zero-order valence-electron chi connectivity index (χ0n) is 14.4. The van der Waals surface area contributed by atoms with E-state index in [0.29, 0.717) is 22.3 Å². The summed E-state index contributed by atoms with van der Waals surface area (Å²) in [6, 6.07) is 10.5. The van der Waals surface area contributed by atoms with Crippen molar-refractivity contribution in [2.24, 2.45) is 0 Å². The minimum Gasteiger partial charge on any atom is -0.457 e. The predicted octanol–water partition coefficient (Wildman–Crippen LogP) is 4.20. The smallest absolute Gasteiger partial charge is 0.316 e. The molecule has 0 aliphatic heterocycles. The van der Waals surface area contributed by atoms with Crippen molar-refractivity contribution in [1.82, 2.24) is 14.8 Å². The Labute approximate surface area is 169 Å². The molecule has 0 saturated carbocycles. The number of thiophene rings is 1. The third-order valence-corrected chi connectivity index (χ3v) is 5.65. The highest BCUT2D eigenvalue weighted by molar-refractivity contribution is 7.99. The number of aromatic nitrogens is 3.